The van der Waals surface area contributed by atoms with Crippen LogP contribution in [0.4, 0.5) is 0 Å². The summed E-state index contributed by atoms with van der Waals surface area (Å²) in [6, 6.07) is 0. The first-order chi connectivity index (χ1) is 6.51. The lowest BCUT2D eigenvalue weighted by atomic mass is 9.57. The number of nitrogens with zero attached hydrogens (tertiary/aromatic N) is 1. The first kappa shape index (κ1) is 9.43. The van der Waals surface area contributed by atoms with Crippen molar-refractivity contribution in [3.05, 3.63) is 10.1 Å². The quantitative estimate of drug-likeness (QED) is 0.539. The van der Waals surface area contributed by atoms with Gasteiger partial charge in [0.1, 0.15) is 0 Å². The molecular weight excluding hydrogens is 186 g/mol. The standard InChI is InChI=1S/C9H13NO4/c11-7(12)8-1-4-9(5-2-8,6-3-8)10(13)14/h1-6H2,(H,11,12). The molecule has 0 aromatic carbocycles. The van der Waals surface area contributed by atoms with Crippen LogP contribution in [-0.2, 0) is 4.79 Å². The molecule has 0 aromatic heterocycles. The van der Waals surface area contributed by atoms with Crippen molar-refractivity contribution in [2.75, 3.05) is 0 Å². The fraction of sp³-hybridized carbons (Fsp3) is 0.889. The maximum absolute atomic E-state index is 11.0. The van der Waals surface area contributed by atoms with Gasteiger partial charge in [-0.1, -0.05) is 0 Å². The smallest absolute Gasteiger partial charge is 0.309 e. The number of rotatable bonds is 2. The number of aliphatic carboxylic acids is 1. The predicted molar refractivity (Wildman–Crippen MR) is 47.5 cm³/mol. The van der Waals surface area contributed by atoms with E-state index >= 15 is 0 Å². The number of hydrogen-bond donors (Lipinski definition) is 1. The Hall–Kier alpha value is -1.13. The van der Waals surface area contributed by atoms with Crippen LogP contribution >= 0.6 is 0 Å². The van der Waals surface area contributed by atoms with Crippen LogP contribution in [0.3, 0.4) is 0 Å². The number of fused-ring (bicyclic) bond motifs is 3. The third-order valence-electron chi connectivity index (χ3n) is 4.05. The Kier molecular flexibility index (Phi) is 1.81. The van der Waals surface area contributed by atoms with Gasteiger partial charge < -0.3 is 5.11 Å². The van der Waals surface area contributed by atoms with Gasteiger partial charge in [0, 0.05) is 24.2 Å². The molecule has 0 aliphatic heterocycles. The summed E-state index contributed by atoms with van der Waals surface area (Å²) in [5.74, 6) is -0.769. The second-order valence-electron chi connectivity index (χ2n) is 4.57. The van der Waals surface area contributed by atoms with Gasteiger partial charge in [-0.25, -0.2) is 0 Å². The Labute approximate surface area is 81.3 Å². The summed E-state index contributed by atoms with van der Waals surface area (Å²) in [6.07, 6.45) is 2.74. The fourth-order valence-corrected chi connectivity index (χ4v) is 2.76. The molecule has 3 aliphatic carbocycles. The molecule has 0 saturated heterocycles. The van der Waals surface area contributed by atoms with E-state index < -0.39 is 16.9 Å². The first-order valence-electron chi connectivity index (χ1n) is 4.89. The molecule has 0 aromatic rings. The van der Waals surface area contributed by atoms with Crippen LogP contribution in [0.15, 0.2) is 0 Å². The molecule has 0 radical (unpaired) electrons. The summed E-state index contributed by atoms with van der Waals surface area (Å²) >= 11 is 0. The van der Waals surface area contributed by atoms with E-state index in [1.54, 1.807) is 0 Å². The Morgan fingerprint density at radius 2 is 1.57 bits per heavy atom. The van der Waals surface area contributed by atoms with Crippen LogP contribution in [0.5, 0.6) is 0 Å². The monoisotopic (exact) mass is 199 g/mol. The molecule has 0 amide bonds. The van der Waals surface area contributed by atoms with E-state index in [2.05, 4.69) is 0 Å². The van der Waals surface area contributed by atoms with E-state index in [4.69, 9.17) is 5.11 Å². The van der Waals surface area contributed by atoms with E-state index in [0.717, 1.165) is 0 Å². The highest BCUT2D eigenvalue weighted by Crippen LogP contribution is 2.53. The lowest BCUT2D eigenvalue weighted by Crippen LogP contribution is -2.53. The molecule has 1 N–H and O–H groups in total. The van der Waals surface area contributed by atoms with Crippen LogP contribution in [0.2, 0.25) is 0 Å². The van der Waals surface area contributed by atoms with Gasteiger partial charge in [0.05, 0.1) is 5.41 Å². The molecular formula is C9H13NO4. The molecule has 3 fully saturated rings. The van der Waals surface area contributed by atoms with Gasteiger partial charge in [-0.3, -0.25) is 14.9 Å². The second kappa shape index (κ2) is 2.68. The lowest BCUT2D eigenvalue weighted by molar-refractivity contribution is -0.583. The van der Waals surface area contributed by atoms with Gasteiger partial charge >= 0.3 is 5.97 Å². The predicted octanol–water partition coefficient (Wildman–Crippen LogP) is 1.44. The third kappa shape index (κ3) is 1.04. The third-order valence-corrected chi connectivity index (χ3v) is 4.05. The zero-order valence-electron chi connectivity index (χ0n) is 7.86. The lowest BCUT2D eigenvalue weighted by Gasteiger charge is -2.45. The molecule has 3 aliphatic rings. The Bertz CT molecular complexity index is 245. The number of carbonyl (C=O) groups is 1. The normalized spacial score (nSPS) is 40.9. The zero-order valence-corrected chi connectivity index (χ0v) is 7.86. The highest BCUT2D eigenvalue weighted by Gasteiger charge is 2.58. The van der Waals surface area contributed by atoms with E-state index in [1.165, 1.54) is 0 Å². The average Bonchev–Trinajstić information content (AvgIpc) is 2.20. The van der Waals surface area contributed by atoms with Crippen molar-refractivity contribution in [1.82, 2.24) is 0 Å². The Morgan fingerprint density at radius 3 is 1.86 bits per heavy atom. The molecule has 5 heteroatoms. The largest absolute Gasteiger partial charge is 0.481 e. The topological polar surface area (TPSA) is 80.4 Å². The molecule has 3 rings (SSSR count). The molecule has 0 atom stereocenters. The second-order valence-corrected chi connectivity index (χ2v) is 4.57. The highest BCUT2D eigenvalue weighted by atomic mass is 16.6. The molecule has 2 bridgehead atoms. The van der Waals surface area contributed by atoms with Crippen LogP contribution in [-0.4, -0.2) is 21.5 Å². The van der Waals surface area contributed by atoms with Crippen LogP contribution in [0, 0.1) is 15.5 Å². The number of carboxylic acid groups (broad SMARTS) is 1. The molecule has 5 nitrogen and oxygen atoms in total. The van der Waals surface area contributed by atoms with Crippen molar-refractivity contribution in [3.8, 4) is 0 Å². The molecule has 3 saturated carbocycles. The van der Waals surface area contributed by atoms with Gasteiger partial charge in [-0.2, -0.15) is 0 Å². The minimum atomic E-state index is -0.794. The number of nitro groups is 1. The van der Waals surface area contributed by atoms with Gasteiger partial charge in [-0.05, 0) is 19.3 Å². The minimum Gasteiger partial charge on any atom is -0.481 e. The number of hydrogen-bond acceptors (Lipinski definition) is 3. The summed E-state index contributed by atoms with van der Waals surface area (Å²) in [7, 11) is 0. The Morgan fingerprint density at radius 1 is 1.14 bits per heavy atom. The number of carboxylic acids is 1. The van der Waals surface area contributed by atoms with Gasteiger partial charge in [0.15, 0.2) is 0 Å². The van der Waals surface area contributed by atoms with E-state index in [1.807, 2.05) is 0 Å². The minimum absolute atomic E-state index is 0.196. The maximum Gasteiger partial charge on any atom is 0.309 e. The van der Waals surface area contributed by atoms with Crippen molar-refractivity contribution < 1.29 is 14.8 Å². The zero-order chi connectivity index (χ0) is 10.4. The van der Waals surface area contributed by atoms with Gasteiger partial charge in [0.2, 0.25) is 5.54 Å². The summed E-state index contributed by atoms with van der Waals surface area (Å²) in [4.78, 5) is 21.7. The highest BCUT2D eigenvalue weighted by molar-refractivity contribution is 5.75. The summed E-state index contributed by atoms with van der Waals surface area (Å²) < 4.78 is 0. The van der Waals surface area contributed by atoms with Crippen molar-refractivity contribution >= 4 is 5.97 Å². The van der Waals surface area contributed by atoms with Crippen molar-refractivity contribution in [2.45, 2.75) is 44.1 Å². The van der Waals surface area contributed by atoms with Crippen molar-refractivity contribution in [3.63, 3.8) is 0 Å². The fourth-order valence-electron chi connectivity index (χ4n) is 2.76. The maximum atomic E-state index is 11.0. The average molecular weight is 199 g/mol. The summed E-state index contributed by atoms with van der Waals surface area (Å²) in [5.41, 5.74) is -1.44. The Balaban J connectivity index is 2.21. The molecule has 14 heavy (non-hydrogen) atoms. The van der Waals surface area contributed by atoms with E-state index in [9.17, 15) is 14.9 Å². The van der Waals surface area contributed by atoms with Crippen LogP contribution < -0.4 is 0 Å². The van der Waals surface area contributed by atoms with Crippen LogP contribution in [0.25, 0.3) is 0 Å². The summed E-state index contributed by atoms with van der Waals surface area (Å²) in [6.45, 7) is 0. The first-order valence-corrected chi connectivity index (χ1v) is 4.89. The van der Waals surface area contributed by atoms with E-state index in [0.29, 0.717) is 38.5 Å². The molecule has 0 heterocycles. The molecule has 0 spiro atoms. The van der Waals surface area contributed by atoms with Crippen LogP contribution in [0.1, 0.15) is 38.5 Å². The van der Waals surface area contributed by atoms with Crippen molar-refractivity contribution in [1.29, 1.82) is 0 Å². The van der Waals surface area contributed by atoms with Gasteiger partial charge in [-0.15, -0.1) is 0 Å². The summed E-state index contributed by atoms with van der Waals surface area (Å²) in [5, 5.41) is 19.9. The SMILES string of the molecule is O=C(O)C12CCC([N+](=O)[O-])(CC1)CC2. The van der Waals surface area contributed by atoms with E-state index in [-0.39, 0.29) is 4.92 Å². The molecule has 0 unspecified atom stereocenters. The van der Waals surface area contributed by atoms with Crippen molar-refractivity contribution in [2.24, 2.45) is 5.41 Å². The van der Waals surface area contributed by atoms with Gasteiger partial charge in [0.25, 0.3) is 0 Å². The molecule has 78 valence electrons.